The van der Waals surface area contributed by atoms with Crippen molar-refractivity contribution in [3.05, 3.63) is 53.0 Å². The van der Waals surface area contributed by atoms with Crippen LogP contribution in [0.15, 0.2) is 34.9 Å². The van der Waals surface area contributed by atoms with E-state index in [0.29, 0.717) is 5.76 Å². The number of benzene rings is 1. The van der Waals surface area contributed by atoms with Crippen LogP contribution >= 0.6 is 0 Å². The molecule has 0 aliphatic heterocycles. The summed E-state index contributed by atoms with van der Waals surface area (Å²) in [6.07, 6.45) is -3.29. The fourth-order valence-corrected chi connectivity index (χ4v) is 1.86. The monoisotopic (exact) mass is 298 g/mol. The third-order valence-corrected chi connectivity index (χ3v) is 2.89. The molecule has 21 heavy (non-hydrogen) atoms. The Hall–Kier alpha value is -2.28. The second-order valence-electron chi connectivity index (χ2n) is 4.47. The van der Waals surface area contributed by atoms with E-state index in [9.17, 15) is 18.0 Å². The molecule has 2 rings (SSSR count). The lowest BCUT2D eigenvalue weighted by molar-refractivity contribution is -0.138. The molecule has 1 amide bonds. The van der Waals surface area contributed by atoms with Gasteiger partial charge in [0.1, 0.15) is 12.0 Å². The van der Waals surface area contributed by atoms with Gasteiger partial charge in [0, 0.05) is 12.2 Å². The largest absolute Gasteiger partial charge is 0.469 e. The zero-order valence-corrected chi connectivity index (χ0v) is 11.1. The van der Waals surface area contributed by atoms with Crippen LogP contribution in [0, 0.1) is 6.92 Å². The van der Waals surface area contributed by atoms with Crippen LogP contribution in [-0.4, -0.2) is 5.91 Å². The summed E-state index contributed by atoms with van der Waals surface area (Å²) in [4.78, 5) is 11.9. The number of nitrogens with two attached hydrogens (primary N) is 1. The molecular formula is C14H13F3N2O2. The molecule has 2 aromatic rings. The molecule has 0 aliphatic rings. The van der Waals surface area contributed by atoms with E-state index >= 15 is 0 Å². The summed E-state index contributed by atoms with van der Waals surface area (Å²) in [7, 11) is 0. The van der Waals surface area contributed by atoms with Gasteiger partial charge in [0.2, 0.25) is 0 Å². The molecule has 1 aromatic carbocycles. The van der Waals surface area contributed by atoms with Gasteiger partial charge in [-0.05, 0) is 30.7 Å². The van der Waals surface area contributed by atoms with Gasteiger partial charge in [0.25, 0.3) is 5.91 Å². The molecule has 0 unspecified atom stereocenters. The van der Waals surface area contributed by atoms with Crippen molar-refractivity contribution in [2.24, 2.45) is 5.73 Å². The number of anilines is 1. The summed E-state index contributed by atoms with van der Waals surface area (Å²) in [5.74, 6) is -0.00455. The second kappa shape index (κ2) is 5.61. The van der Waals surface area contributed by atoms with Crippen molar-refractivity contribution in [1.82, 2.24) is 0 Å². The van der Waals surface area contributed by atoms with E-state index in [2.05, 4.69) is 5.32 Å². The zero-order chi connectivity index (χ0) is 15.6. The van der Waals surface area contributed by atoms with Gasteiger partial charge >= 0.3 is 6.18 Å². The van der Waals surface area contributed by atoms with Crippen molar-refractivity contribution in [1.29, 1.82) is 0 Å². The van der Waals surface area contributed by atoms with Crippen molar-refractivity contribution >= 4 is 11.6 Å². The van der Waals surface area contributed by atoms with E-state index < -0.39 is 17.6 Å². The number of carbonyl (C=O) groups excluding carboxylic acids is 1. The lowest BCUT2D eigenvalue weighted by atomic mass is 10.1. The molecule has 0 saturated carbocycles. The molecule has 7 heteroatoms. The second-order valence-corrected chi connectivity index (χ2v) is 4.47. The number of hydrogen-bond acceptors (Lipinski definition) is 3. The van der Waals surface area contributed by atoms with Gasteiger partial charge in [0.15, 0.2) is 0 Å². The van der Waals surface area contributed by atoms with E-state index in [-0.39, 0.29) is 23.4 Å². The van der Waals surface area contributed by atoms with Crippen LogP contribution in [0.4, 0.5) is 18.9 Å². The van der Waals surface area contributed by atoms with Crippen molar-refractivity contribution in [2.75, 3.05) is 5.32 Å². The number of nitrogens with one attached hydrogen (secondary N) is 1. The van der Waals surface area contributed by atoms with Crippen molar-refractivity contribution in [3.63, 3.8) is 0 Å². The molecule has 0 bridgehead atoms. The average Bonchev–Trinajstić information content (AvgIpc) is 2.84. The smallest absolute Gasteiger partial charge is 0.416 e. The van der Waals surface area contributed by atoms with Gasteiger partial charge in [-0.2, -0.15) is 13.2 Å². The van der Waals surface area contributed by atoms with Crippen LogP contribution in [-0.2, 0) is 12.7 Å². The van der Waals surface area contributed by atoms with E-state index in [1.165, 1.54) is 24.5 Å². The summed E-state index contributed by atoms with van der Waals surface area (Å²) in [6, 6.07) is 4.99. The number of furan rings is 1. The molecule has 1 heterocycles. The predicted octanol–water partition coefficient (Wildman–Crippen LogP) is 3.32. The highest BCUT2D eigenvalue weighted by Crippen LogP contribution is 2.33. The molecule has 0 atom stereocenters. The maximum atomic E-state index is 12.9. The van der Waals surface area contributed by atoms with Gasteiger partial charge in [-0.25, -0.2) is 0 Å². The topological polar surface area (TPSA) is 68.3 Å². The van der Waals surface area contributed by atoms with E-state index in [1.807, 2.05) is 0 Å². The summed E-state index contributed by atoms with van der Waals surface area (Å²) >= 11 is 0. The minimum absolute atomic E-state index is 0.0281. The number of hydrogen-bond donors (Lipinski definition) is 2. The Bertz CT molecular complexity index is 662. The zero-order valence-electron chi connectivity index (χ0n) is 11.1. The summed E-state index contributed by atoms with van der Waals surface area (Å²) < 4.78 is 43.7. The maximum absolute atomic E-state index is 12.9. The highest BCUT2D eigenvalue weighted by molar-refractivity contribution is 6.04. The summed E-state index contributed by atoms with van der Waals surface area (Å²) in [6.45, 7) is 1.43. The molecule has 4 nitrogen and oxygen atoms in total. The Balaban J connectivity index is 2.27. The fourth-order valence-electron chi connectivity index (χ4n) is 1.86. The quantitative estimate of drug-likeness (QED) is 0.913. The van der Waals surface area contributed by atoms with Crippen molar-refractivity contribution in [3.8, 4) is 0 Å². The summed E-state index contributed by atoms with van der Waals surface area (Å²) in [5.41, 5.74) is 4.69. The Labute approximate surface area is 118 Å². The number of aryl methyl sites for hydroxylation is 1. The molecular weight excluding hydrogens is 285 g/mol. The number of amides is 1. The van der Waals surface area contributed by atoms with Gasteiger partial charge in [-0.15, -0.1) is 0 Å². The van der Waals surface area contributed by atoms with E-state index in [0.717, 1.165) is 6.07 Å². The standard InChI is InChI=1S/C14H13F3N2O2/c1-8-4-10(7-21-8)13(20)19-11-3-2-9(6-18)12(5-11)14(15,16)17/h2-5,7H,6,18H2,1H3,(H,19,20). The van der Waals surface area contributed by atoms with Gasteiger partial charge in [0.05, 0.1) is 11.1 Å². The highest BCUT2D eigenvalue weighted by atomic mass is 19.4. The molecule has 112 valence electrons. The van der Waals surface area contributed by atoms with Crippen LogP contribution in [0.25, 0.3) is 0 Å². The first-order valence-corrected chi connectivity index (χ1v) is 6.08. The molecule has 0 fully saturated rings. The lowest BCUT2D eigenvalue weighted by Crippen LogP contribution is -2.15. The highest BCUT2D eigenvalue weighted by Gasteiger charge is 2.33. The number of halogens is 3. The molecule has 0 aliphatic carbocycles. The number of carbonyl (C=O) groups is 1. The van der Waals surface area contributed by atoms with Gasteiger partial charge in [-0.3, -0.25) is 4.79 Å². The molecule has 0 radical (unpaired) electrons. The Kier molecular flexibility index (Phi) is 4.04. The molecule has 0 saturated heterocycles. The van der Waals surface area contributed by atoms with E-state index in [4.69, 9.17) is 10.2 Å². The fraction of sp³-hybridized carbons (Fsp3) is 0.214. The molecule has 1 aromatic heterocycles. The maximum Gasteiger partial charge on any atom is 0.416 e. The van der Waals surface area contributed by atoms with Crippen LogP contribution < -0.4 is 11.1 Å². The lowest BCUT2D eigenvalue weighted by Gasteiger charge is -2.13. The predicted molar refractivity (Wildman–Crippen MR) is 70.7 cm³/mol. The minimum atomic E-state index is -4.53. The van der Waals surface area contributed by atoms with Crippen LogP contribution in [0.3, 0.4) is 0 Å². The minimum Gasteiger partial charge on any atom is -0.469 e. The molecule has 0 spiro atoms. The van der Waals surface area contributed by atoms with Crippen LogP contribution in [0.5, 0.6) is 0 Å². The van der Waals surface area contributed by atoms with Gasteiger partial charge < -0.3 is 15.5 Å². The SMILES string of the molecule is Cc1cc(C(=O)Nc2ccc(CN)c(C(F)(F)F)c2)co1. The van der Waals surface area contributed by atoms with Crippen molar-refractivity contribution in [2.45, 2.75) is 19.6 Å². The first-order chi connectivity index (χ1) is 9.81. The first-order valence-electron chi connectivity index (χ1n) is 6.08. The van der Waals surface area contributed by atoms with E-state index in [1.54, 1.807) is 6.92 Å². The average molecular weight is 298 g/mol. The van der Waals surface area contributed by atoms with Crippen LogP contribution in [0.2, 0.25) is 0 Å². The Morgan fingerprint density at radius 1 is 1.33 bits per heavy atom. The Morgan fingerprint density at radius 2 is 2.05 bits per heavy atom. The van der Waals surface area contributed by atoms with Crippen molar-refractivity contribution < 1.29 is 22.4 Å². The first kappa shape index (κ1) is 15.1. The number of rotatable bonds is 3. The summed E-state index contributed by atoms with van der Waals surface area (Å²) in [5, 5.41) is 2.40. The molecule has 3 N–H and O–H groups in total. The van der Waals surface area contributed by atoms with Crippen LogP contribution in [0.1, 0.15) is 27.2 Å². The Morgan fingerprint density at radius 3 is 2.57 bits per heavy atom. The third kappa shape index (κ3) is 3.43. The normalized spacial score (nSPS) is 11.5. The number of alkyl halides is 3. The van der Waals surface area contributed by atoms with Gasteiger partial charge in [-0.1, -0.05) is 6.07 Å². The third-order valence-electron chi connectivity index (χ3n) is 2.89.